The zero-order chi connectivity index (χ0) is 18.3. The average Bonchev–Trinajstić information content (AvgIpc) is 3.20. The van der Waals surface area contributed by atoms with Gasteiger partial charge in [-0.25, -0.2) is 4.68 Å². The van der Waals surface area contributed by atoms with Crippen molar-refractivity contribution in [3.63, 3.8) is 0 Å². The van der Waals surface area contributed by atoms with Crippen molar-refractivity contribution < 1.29 is 9.90 Å². The van der Waals surface area contributed by atoms with E-state index in [-0.39, 0.29) is 5.56 Å². The van der Waals surface area contributed by atoms with E-state index in [1.165, 1.54) is 6.07 Å². The average molecular weight is 384 g/mol. The molecule has 0 N–H and O–H groups in total. The Hall–Kier alpha value is -2.56. The zero-order valence-corrected chi connectivity index (χ0v) is 15.1. The molecular formula is C20H13Cl2N2O2-. The van der Waals surface area contributed by atoms with Crippen LogP contribution in [0, 0.1) is 0 Å². The molecule has 0 saturated carbocycles. The molecule has 130 valence electrons. The lowest BCUT2D eigenvalue weighted by molar-refractivity contribution is -0.255. The van der Waals surface area contributed by atoms with Crippen LogP contribution in [-0.2, 0) is 6.42 Å². The maximum Gasteiger partial charge on any atom is 0.0733 e. The minimum atomic E-state index is -1.21. The molecule has 0 bridgehead atoms. The highest BCUT2D eigenvalue weighted by Crippen LogP contribution is 2.36. The number of allylic oxidation sites excluding steroid dienone is 1. The number of fused-ring (bicyclic) bond motifs is 1. The molecule has 0 aliphatic heterocycles. The molecule has 4 rings (SSSR count). The van der Waals surface area contributed by atoms with Crippen LogP contribution in [0.1, 0.15) is 33.6 Å². The summed E-state index contributed by atoms with van der Waals surface area (Å²) in [6.45, 7) is 0. The molecule has 6 heteroatoms. The summed E-state index contributed by atoms with van der Waals surface area (Å²) in [5.41, 5.74) is 4.89. The van der Waals surface area contributed by atoms with E-state index in [1.54, 1.807) is 28.9 Å². The van der Waals surface area contributed by atoms with Gasteiger partial charge in [-0.15, -0.1) is 0 Å². The SMILES string of the molecule is O=C([O-])c1cccc(-n2ncc3c2/C(=C/c2ccc(Cl)cc2Cl)CC3)c1. The zero-order valence-electron chi connectivity index (χ0n) is 13.6. The van der Waals surface area contributed by atoms with Gasteiger partial charge in [0.2, 0.25) is 0 Å². The van der Waals surface area contributed by atoms with Crippen molar-refractivity contribution in [2.45, 2.75) is 12.8 Å². The molecule has 26 heavy (non-hydrogen) atoms. The van der Waals surface area contributed by atoms with Gasteiger partial charge < -0.3 is 9.90 Å². The van der Waals surface area contributed by atoms with Crippen molar-refractivity contribution in [2.24, 2.45) is 0 Å². The van der Waals surface area contributed by atoms with E-state index in [9.17, 15) is 9.90 Å². The van der Waals surface area contributed by atoms with Crippen LogP contribution >= 0.6 is 23.2 Å². The van der Waals surface area contributed by atoms with E-state index in [4.69, 9.17) is 23.2 Å². The Morgan fingerprint density at radius 3 is 2.77 bits per heavy atom. The third-order valence-electron chi connectivity index (χ3n) is 4.43. The second-order valence-electron chi connectivity index (χ2n) is 6.10. The Morgan fingerprint density at radius 2 is 2.00 bits per heavy atom. The van der Waals surface area contributed by atoms with E-state index in [2.05, 4.69) is 5.10 Å². The fourth-order valence-corrected chi connectivity index (χ4v) is 3.67. The summed E-state index contributed by atoms with van der Waals surface area (Å²) in [5, 5.41) is 16.8. The third kappa shape index (κ3) is 3.02. The Morgan fingerprint density at radius 1 is 1.15 bits per heavy atom. The number of aromatic carboxylic acids is 1. The number of aromatic nitrogens is 2. The van der Waals surface area contributed by atoms with Crippen molar-refractivity contribution in [1.29, 1.82) is 0 Å². The van der Waals surface area contributed by atoms with Gasteiger partial charge in [0.1, 0.15) is 0 Å². The van der Waals surface area contributed by atoms with Crippen LogP contribution in [0.5, 0.6) is 0 Å². The molecule has 0 atom stereocenters. The van der Waals surface area contributed by atoms with Gasteiger partial charge in [0, 0.05) is 10.0 Å². The minimum absolute atomic E-state index is 0.121. The van der Waals surface area contributed by atoms with Crippen molar-refractivity contribution in [1.82, 2.24) is 9.78 Å². The standard InChI is InChI=1S/C20H14Cl2N2O2/c21-16-7-6-12(18(22)10-16)8-13-4-5-15-11-23-24(19(13)15)17-3-1-2-14(9-17)20(25)26/h1-3,6-11H,4-5H2,(H,25,26)/p-1/b13-8+. The van der Waals surface area contributed by atoms with Crippen LogP contribution in [0.25, 0.3) is 17.3 Å². The Kier molecular flexibility index (Phi) is 4.31. The quantitative estimate of drug-likeness (QED) is 0.685. The summed E-state index contributed by atoms with van der Waals surface area (Å²) < 4.78 is 1.77. The smallest absolute Gasteiger partial charge is 0.0733 e. The highest BCUT2D eigenvalue weighted by molar-refractivity contribution is 6.35. The van der Waals surface area contributed by atoms with Crippen molar-refractivity contribution >= 4 is 40.8 Å². The number of carbonyl (C=O) groups is 1. The van der Waals surface area contributed by atoms with Gasteiger partial charge in [0.05, 0.1) is 23.5 Å². The van der Waals surface area contributed by atoms with Crippen LogP contribution in [0.3, 0.4) is 0 Å². The minimum Gasteiger partial charge on any atom is -0.545 e. The fraction of sp³-hybridized carbons (Fsp3) is 0.100. The van der Waals surface area contributed by atoms with Crippen LogP contribution in [0.4, 0.5) is 0 Å². The summed E-state index contributed by atoms with van der Waals surface area (Å²) >= 11 is 12.3. The first kappa shape index (κ1) is 16.9. The van der Waals surface area contributed by atoms with Crippen molar-refractivity contribution in [3.8, 4) is 5.69 Å². The molecule has 3 aromatic rings. The monoisotopic (exact) mass is 383 g/mol. The summed E-state index contributed by atoms with van der Waals surface area (Å²) in [4.78, 5) is 11.1. The molecule has 1 aliphatic rings. The Labute approximate surface area is 160 Å². The number of nitrogens with zero attached hydrogens (tertiary/aromatic N) is 2. The van der Waals surface area contributed by atoms with Gasteiger partial charge in [-0.3, -0.25) is 0 Å². The molecule has 1 aromatic heterocycles. The van der Waals surface area contributed by atoms with E-state index in [0.717, 1.165) is 35.2 Å². The van der Waals surface area contributed by atoms with E-state index < -0.39 is 5.97 Å². The maximum absolute atomic E-state index is 11.1. The van der Waals surface area contributed by atoms with Gasteiger partial charge in [-0.1, -0.05) is 41.4 Å². The van der Waals surface area contributed by atoms with Gasteiger partial charge in [-0.05, 0) is 65.4 Å². The fourth-order valence-electron chi connectivity index (χ4n) is 3.20. The molecular weight excluding hydrogens is 371 g/mol. The largest absolute Gasteiger partial charge is 0.545 e. The number of carboxylic acids is 1. The predicted octanol–water partition coefficient (Wildman–Crippen LogP) is 4.03. The van der Waals surface area contributed by atoms with Gasteiger partial charge >= 0.3 is 0 Å². The second-order valence-corrected chi connectivity index (χ2v) is 6.95. The van der Waals surface area contributed by atoms with Gasteiger partial charge in [-0.2, -0.15) is 5.10 Å². The number of hydrogen-bond donors (Lipinski definition) is 0. The number of hydrogen-bond acceptors (Lipinski definition) is 3. The highest BCUT2D eigenvalue weighted by atomic mass is 35.5. The topological polar surface area (TPSA) is 57.9 Å². The number of aryl methyl sites for hydroxylation is 1. The molecule has 4 nitrogen and oxygen atoms in total. The number of rotatable bonds is 3. The van der Waals surface area contributed by atoms with E-state index in [0.29, 0.717) is 15.7 Å². The normalized spacial score (nSPS) is 14.6. The van der Waals surface area contributed by atoms with Crippen LogP contribution in [-0.4, -0.2) is 15.7 Å². The molecule has 2 aromatic carbocycles. The summed E-state index contributed by atoms with van der Waals surface area (Å²) in [5.74, 6) is -1.21. The lowest BCUT2D eigenvalue weighted by Gasteiger charge is -2.10. The molecule has 0 spiro atoms. The maximum atomic E-state index is 11.1. The lowest BCUT2D eigenvalue weighted by Crippen LogP contribution is -2.22. The number of carbonyl (C=O) groups excluding carboxylic acids is 1. The number of carboxylic acid groups (broad SMARTS) is 1. The summed E-state index contributed by atoms with van der Waals surface area (Å²) in [6, 6.07) is 12.0. The molecule has 0 fully saturated rings. The third-order valence-corrected chi connectivity index (χ3v) is 4.99. The first-order valence-corrected chi connectivity index (χ1v) is 8.83. The Balaban J connectivity index is 1.80. The predicted molar refractivity (Wildman–Crippen MR) is 101 cm³/mol. The van der Waals surface area contributed by atoms with E-state index >= 15 is 0 Å². The molecule has 0 radical (unpaired) electrons. The van der Waals surface area contributed by atoms with Crippen molar-refractivity contribution in [2.75, 3.05) is 0 Å². The van der Waals surface area contributed by atoms with Gasteiger partial charge in [0.15, 0.2) is 0 Å². The molecule has 1 heterocycles. The molecule has 0 unspecified atom stereocenters. The molecule has 1 aliphatic carbocycles. The molecule has 0 saturated heterocycles. The first-order chi connectivity index (χ1) is 12.5. The summed E-state index contributed by atoms with van der Waals surface area (Å²) in [6.07, 6.45) is 5.61. The second kappa shape index (κ2) is 6.63. The molecule has 0 amide bonds. The Bertz CT molecular complexity index is 1050. The lowest BCUT2D eigenvalue weighted by atomic mass is 10.1. The van der Waals surface area contributed by atoms with E-state index in [1.807, 2.05) is 24.4 Å². The van der Waals surface area contributed by atoms with Crippen LogP contribution < -0.4 is 5.11 Å². The van der Waals surface area contributed by atoms with Crippen molar-refractivity contribution in [3.05, 3.63) is 81.1 Å². The number of benzene rings is 2. The van der Waals surface area contributed by atoms with Gasteiger partial charge in [0.25, 0.3) is 0 Å². The van der Waals surface area contributed by atoms with Crippen LogP contribution in [0.2, 0.25) is 10.0 Å². The summed E-state index contributed by atoms with van der Waals surface area (Å²) in [7, 11) is 0. The highest BCUT2D eigenvalue weighted by Gasteiger charge is 2.23. The number of halogens is 2. The van der Waals surface area contributed by atoms with Crippen LogP contribution in [0.15, 0.2) is 48.7 Å². The first-order valence-electron chi connectivity index (χ1n) is 8.07.